The van der Waals surface area contributed by atoms with E-state index in [-0.39, 0.29) is 0 Å². The van der Waals surface area contributed by atoms with Crippen LogP contribution in [0.2, 0.25) is 0 Å². The fraction of sp³-hybridized carbons (Fsp3) is 0.818. The molecule has 0 aromatic rings. The van der Waals surface area contributed by atoms with Crippen LogP contribution in [0.1, 0.15) is 34.1 Å². The van der Waals surface area contributed by atoms with Crippen molar-refractivity contribution in [2.45, 2.75) is 46.3 Å². The van der Waals surface area contributed by atoms with E-state index in [0.717, 1.165) is 13.2 Å². The van der Waals surface area contributed by atoms with Gasteiger partial charge in [-0.1, -0.05) is 19.1 Å². The summed E-state index contributed by atoms with van der Waals surface area (Å²) < 4.78 is 5.53. The summed E-state index contributed by atoms with van der Waals surface area (Å²) in [6, 6.07) is 0.591. The second-order valence-electron chi connectivity index (χ2n) is 3.43. The van der Waals surface area contributed by atoms with Gasteiger partial charge in [0.1, 0.15) is 0 Å². The Morgan fingerprint density at radius 3 is 2.62 bits per heavy atom. The summed E-state index contributed by atoms with van der Waals surface area (Å²) in [5.74, 6) is 0. The maximum atomic E-state index is 5.53. The highest BCUT2D eigenvalue weighted by Gasteiger charge is 2.02. The number of allylic oxidation sites excluding steroid dienone is 1. The Morgan fingerprint density at radius 2 is 2.08 bits per heavy atom. The van der Waals surface area contributed by atoms with Crippen LogP contribution in [0.4, 0.5) is 0 Å². The third kappa shape index (κ3) is 8.00. The smallest absolute Gasteiger partial charge is 0.0675 e. The fourth-order valence-electron chi connectivity index (χ4n) is 0.886. The summed E-state index contributed by atoms with van der Waals surface area (Å²) in [6.07, 6.45) is 5.50. The first-order valence-electron chi connectivity index (χ1n) is 5.16. The van der Waals surface area contributed by atoms with Crippen LogP contribution in [0, 0.1) is 0 Å². The van der Waals surface area contributed by atoms with Gasteiger partial charge in [0.05, 0.1) is 12.7 Å². The number of hydrogen-bond acceptors (Lipinski definition) is 2. The summed E-state index contributed by atoms with van der Waals surface area (Å²) in [5, 5.41) is 3.41. The van der Waals surface area contributed by atoms with E-state index in [0.29, 0.717) is 12.1 Å². The third-order valence-electron chi connectivity index (χ3n) is 2.08. The van der Waals surface area contributed by atoms with E-state index in [4.69, 9.17) is 4.74 Å². The van der Waals surface area contributed by atoms with Gasteiger partial charge in [0, 0.05) is 12.6 Å². The lowest BCUT2D eigenvalue weighted by Crippen LogP contribution is -2.33. The molecule has 0 saturated carbocycles. The van der Waals surface area contributed by atoms with Crippen molar-refractivity contribution in [1.29, 1.82) is 0 Å². The van der Waals surface area contributed by atoms with Gasteiger partial charge < -0.3 is 10.1 Å². The molecule has 2 nitrogen and oxygen atoms in total. The molecule has 0 bridgehead atoms. The highest BCUT2D eigenvalue weighted by molar-refractivity contribution is 4.76. The topological polar surface area (TPSA) is 21.3 Å². The Morgan fingerprint density at radius 1 is 1.38 bits per heavy atom. The Kier molecular flexibility index (Phi) is 8.05. The molecule has 0 aliphatic rings. The quantitative estimate of drug-likeness (QED) is 0.615. The van der Waals surface area contributed by atoms with Crippen LogP contribution >= 0.6 is 0 Å². The zero-order chi connectivity index (χ0) is 10.1. The zero-order valence-electron chi connectivity index (χ0n) is 9.34. The first kappa shape index (κ1) is 12.7. The normalized spacial score (nSPS) is 16.3. The van der Waals surface area contributed by atoms with E-state index in [9.17, 15) is 0 Å². The molecule has 0 aliphatic carbocycles. The van der Waals surface area contributed by atoms with Crippen molar-refractivity contribution in [3.8, 4) is 0 Å². The largest absolute Gasteiger partial charge is 0.373 e. The SMILES string of the molecule is CC=CCOC(C)CNC(C)CC. The molecule has 2 unspecified atom stereocenters. The minimum atomic E-state index is 0.296. The van der Waals surface area contributed by atoms with Crippen LogP contribution in [0.5, 0.6) is 0 Å². The van der Waals surface area contributed by atoms with Gasteiger partial charge in [0.2, 0.25) is 0 Å². The lowest BCUT2D eigenvalue weighted by atomic mass is 10.2. The van der Waals surface area contributed by atoms with Gasteiger partial charge in [-0.25, -0.2) is 0 Å². The van der Waals surface area contributed by atoms with E-state index in [2.05, 4.69) is 26.1 Å². The van der Waals surface area contributed by atoms with Crippen molar-refractivity contribution < 1.29 is 4.74 Å². The van der Waals surface area contributed by atoms with Crippen molar-refractivity contribution in [3.63, 3.8) is 0 Å². The van der Waals surface area contributed by atoms with Crippen LogP contribution in [-0.4, -0.2) is 25.3 Å². The van der Waals surface area contributed by atoms with Crippen molar-refractivity contribution in [3.05, 3.63) is 12.2 Å². The molecule has 13 heavy (non-hydrogen) atoms. The summed E-state index contributed by atoms with van der Waals surface area (Å²) >= 11 is 0. The van der Waals surface area contributed by atoms with Crippen molar-refractivity contribution in [2.24, 2.45) is 0 Å². The van der Waals surface area contributed by atoms with E-state index < -0.39 is 0 Å². The van der Waals surface area contributed by atoms with Crippen LogP contribution in [0.25, 0.3) is 0 Å². The van der Waals surface area contributed by atoms with Gasteiger partial charge in [-0.05, 0) is 27.2 Å². The average Bonchev–Trinajstić information content (AvgIpc) is 2.14. The van der Waals surface area contributed by atoms with Gasteiger partial charge in [-0.15, -0.1) is 0 Å². The summed E-state index contributed by atoms with van der Waals surface area (Å²) in [6.45, 7) is 10.1. The molecule has 2 heteroatoms. The molecule has 78 valence electrons. The molecule has 0 aromatic carbocycles. The Bertz CT molecular complexity index is 134. The summed E-state index contributed by atoms with van der Waals surface area (Å²) in [5.41, 5.74) is 0. The van der Waals surface area contributed by atoms with Crippen molar-refractivity contribution in [2.75, 3.05) is 13.2 Å². The molecular formula is C11H23NO. The molecule has 0 heterocycles. The van der Waals surface area contributed by atoms with Crippen LogP contribution < -0.4 is 5.32 Å². The van der Waals surface area contributed by atoms with Crippen molar-refractivity contribution >= 4 is 0 Å². The first-order chi connectivity index (χ1) is 6.20. The van der Waals surface area contributed by atoms with Crippen LogP contribution in [0.15, 0.2) is 12.2 Å². The van der Waals surface area contributed by atoms with E-state index in [1.807, 2.05) is 19.1 Å². The maximum Gasteiger partial charge on any atom is 0.0675 e. The van der Waals surface area contributed by atoms with E-state index in [1.54, 1.807) is 0 Å². The number of hydrogen-bond donors (Lipinski definition) is 1. The highest BCUT2D eigenvalue weighted by atomic mass is 16.5. The molecule has 1 N–H and O–H groups in total. The second kappa shape index (κ2) is 8.27. The number of nitrogens with one attached hydrogen (secondary N) is 1. The minimum Gasteiger partial charge on any atom is -0.373 e. The molecule has 0 saturated heterocycles. The fourth-order valence-corrected chi connectivity index (χ4v) is 0.886. The second-order valence-corrected chi connectivity index (χ2v) is 3.43. The molecule has 0 fully saturated rings. The zero-order valence-corrected chi connectivity index (χ0v) is 9.34. The molecular weight excluding hydrogens is 162 g/mol. The van der Waals surface area contributed by atoms with Gasteiger partial charge in [-0.3, -0.25) is 0 Å². The lowest BCUT2D eigenvalue weighted by Gasteiger charge is -2.16. The molecule has 0 rings (SSSR count). The first-order valence-corrected chi connectivity index (χ1v) is 5.16. The third-order valence-corrected chi connectivity index (χ3v) is 2.08. The van der Waals surface area contributed by atoms with Gasteiger partial charge in [0.15, 0.2) is 0 Å². The maximum absolute atomic E-state index is 5.53. The van der Waals surface area contributed by atoms with Crippen LogP contribution in [-0.2, 0) is 4.74 Å². The lowest BCUT2D eigenvalue weighted by molar-refractivity contribution is 0.0857. The molecule has 2 atom stereocenters. The Balaban J connectivity index is 3.34. The highest BCUT2D eigenvalue weighted by Crippen LogP contribution is 1.92. The predicted octanol–water partition coefficient (Wildman–Crippen LogP) is 2.36. The molecule has 0 aromatic heterocycles. The van der Waals surface area contributed by atoms with Gasteiger partial charge >= 0.3 is 0 Å². The van der Waals surface area contributed by atoms with Crippen molar-refractivity contribution in [1.82, 2.24) is 5.32 Å². The minimum absolute atomic E-state index is 0.296. The van der Waals surface area contributed by atoms with Gasteiger partial charge in [0.25, 0.3) is 0 Å². The molecule has 0 spiro atoms. The summed E-state index contributed by atoms with van der Waals surface area (Å²) in [7, 11) is 0. The standard InChI is InChI=1S/C11H23NO/c1-5-7-8-13-11(4)9-12-10(3)6-2/h5,7,10-12H,6,8-9H2,1-4H3. The molecule has 0 aliphatic heterocycles. The molecule has 0 amide bonds. The van der Waals surface area contributed by atoms with E-state index in [1.165, 1.54) is 6.42 Å². The Labute approximate surface area is 82.4 Å². The van der Waals surface area contributed by atoms with E-state index >= 15 is 0 Å². The van der Waals surface area contributed by atoms with Gasteiger partial charge in [-0.2, -0.15) is 0 Å². The molecule has 0 radical (unpaired) electrons. The van der Waals surface area contributed by atoms with Crippen LogP contribution in [0.3, 0.4) is 0 Å². The average molecular weight is 185 g/mol. The number of rotatable bonds is 7. The number of ether oxygens (including phenoxy) is 1. The Hall–Kier alpha value is -0.340. The predicted molar refractivity (Wildman–Crippen MR) is 58.0 cm³/mol. The monoisotopic (exact) mass is 185 g/mol. The summed E-state index contributed by atoms with van der Waals surface area (Å²) in [4.78, 5) is 0.